The van der Waals surface area contributed by atoms with Crippen LogP contribution in [0.2, 0.25) is 0 Å². The molecule has 21 rings (SSSR count). The lowest BCUT2D eigenvalue weighted by Crippen LogP contribution is -2.61. The third-order valence-corrected chi connectivity index (χ3v) is 38.6. The van der Waals surface area contributed by atoms with Crippen LogP contribution >= 0.6 is 0 Å². The highest BCUT2D eigenvalue weighted by Crippen LogP contribution is 2.47. The zero-order valence-electron chi connectivity index (χ0n) is 96.3. The van der Waals surface area contributed by atoms with Gasteiger partial charge in [-0.2, -0.15) is 13.2 Å². The van der Waals surface area contributed by atoms with Gasteiger partial charge in [-0.3, -0.25) is 19.6 Å². The second-order valence-corrected chi connectivity index (χ2v) is 52.3. The van der Waals surface area contributed by atoms with Crippen molar-refractivity contribution in [1.29, 1.82) is 0 Å². The highest BCUT2D eigenvalue weighted by atomic mass is 19.4. The van der Waals surface area contributed by atoms with E-state index >= 15 is 0 Å². The predicted octanol–water partition coefficient (Wildman–Crippen LogP) is 8.97. The third kappa shape index (κ3) is 42.3. The zero-order valence-corrected chi connectivity index (χ0v) is 96.3. The Morgan fingerprint density at radius 3 is 0.837 bits per heavy atom. The van der Waals surface area contributed by atoms with Gasteiger partial charge >= 0.3 is 6.18 Å². The van der Waals surface area contributed by atoms with Gasteiger partial charge in [0.25, 0.3) is 0 Å². The van der Waals surface area contributed by atoms with Crippen LogP contribution in [0.15, 0.2) is 0 Å². The first kappa shape index (κ1) is 122. The average Bonchev–Trinajstić information content (AvgIpc) is 0.761. The van der Waals surface area contributed by atoms with Crippen molar-refractivity contribution in [2.45, 2.75) is 212 Å². The number of β-amino-alcohol motifs (C(OH)–C–C–N with tert-alkyl or cyclic N) is 1. The molecule has 0 aliphatic carbocycles. The summed E-state index contributed by atoms with van der Waals surface area (Å²) in [7, 11) is 44.1. The summed E-state index contributed by atoms with van der Waals surface area (Å²) in [6.45, 7) is 65.2. The fourth-order valence-electron chi connectivity index (χ4n) is 26.4. The number of alkyl halides is 3. The largest absolute Gasteiger partial charge is 0.401 e. The molecule has 26 nitrogen and oxygen atoms in total. The molecule has 0 unspecified atom stereocenters. The number of hydrogen-bond acceptors (Lipinski definition) is 26. The molecule has 3 N–H and O–H groups in total. The molecule has 0 radical (unpaired) electrons. The molecule has 21 fully saturated rings. The molecule has 0 aromatic heterocycles. The number of piperidine rings is 13. The van der Waals surface area contributed by atoms with Crippen LogP contribution < -0.4 is 10.6 Å². The van der Waals surface area contributed by atoms with Gasteiger partial charge in [0.05, 0.1) is 13.2 Å². The van der Waals surface area contributed by atoms with E-state index in [2.05, 4.69) is 273 Å². The second kappa shape index (κ2) is 59.3. The van der Waals surface area contributed by atoms with Crippen LogP contribution in [0.25, 0.3) is 0 Å². The first-order valence-corrected chi connectivity index (χ1v) is 58.0. The van der Waals surface area contributed by atoms with Crippen molar-refractivity contribution in [3.63, 3.8) is 0 Å². The second-order valence-electron chi connectivity index (χ2n) is 52.3. The van der Waals surface area contributed by atoms with E-state index in [1.54, 1.807) is 0 Å². The average molecular weight is 2000 g/mol. The van der Waals surface area contributed by atoms with Gasteiger partial charge in [0.15, 0.2) is 0 Å². The third-order valence-electron chi connectivity index (χ3n) is 38.6. The van der Waals surface area contributed by atoms with Gasteiger partial charge in [-0.15, -0.1) is 0 Å². The number of nitrogens with one attached hydrogen (secondary N) is 2. The Balaban J connectivity index is 0.000000159. The maximum absolute atomic E-state index is 12.1. The number of piperazine rings is 2. The smallest absolute Gasteiger partial charge is 0.395 e. The number of hydrogen-bond donors (Lipinski definition) is 3. The van der Waals surface area contributed by atoms with Crippen molar-refractivity contribution in [1.82, 2.24) is 123 Å². The standard InChI is InChI=1S/C12H25N3.C11H23N3.2C11H22N2.C10H17F3N2.C10H20N2O.C10H20N2.C9H18N2.C8H16N2.C8H18N2.C6H14N2.C6H13N/c1-13(2)8-9-15-10-12(11-15)4-6-14(3)7-5-12;1-12-5-3-11(4-6-12)14-9-7-13(2)8-10-14;1-12-7-3-11(4-8-12)5-9-13(2)10-6-11;1-10(2)13-8-11(9-13)4-6-12(3)7-5-11;1-14-4-2-9(3-5-14)6-15(7-9)8-10(11,12)13;1-11-4-2-10(3-5-11)8-12(9-10)6-7-13;1-12-8-4-10(5-9-12)2-6-11-7-3-10;1-10-5-3-9(4-6-10)7-11(2)8-9;1-10-4-2-8(3-5-10)6-9-7-8;1-9(2)8-4-6-10(3)7-5-8;1-7-3-5-8(2)6-4-7;1-7-5-3-2-4-6-7/h4-11H2,1-3H3;11H,3-10H2,1-2H3;3-10H2,1-2H3;10H,4-9H2,1-3H3;2-8H2,1H3;13H,2-9H2,1H3;11H,2-9H2,1H3;3-8H2,1-2H3;9H,2-7H2,1H3;8H,4-7H2,1-3H3;3-6H2,1-2H3;2-6H2,1H3. The molecular weight excluding hydrogens is 1770 g/mol. The Labute approximate surface area is 866 Å². The molecule has 0 amide bonds. The van der Waals surface area contributed by atoms with Crippen LogP contribution in [0.5, 0.6) is 0 Å². The maximum atomic E-state index is 12.1. The van der Waals surface area contributed by atoms with E-state index in [1.807, 2.05) is 0 Å². The van der Waals surface area contributed by atoms with Crippen LogP contribution in [0.3, 0.4) is 0 Å². The Bertz CT molecular complexity index is 3150. The van der Waals surface area contributed by atoms with Crippen LogP contribution in [0.4, 0.5) is 13.2 Å². The highest BCUT2D eigenvalue weighted by molar-refractivity contribution is 5.04. The van der Waals surface area contributed by atoms with Gasteiger partial charge in [-0.05, 0) is 535 Å². The summed E-state index contributed by atoms with van der Waals surface area (Å²) >= 11 is 0. The van der Waals surface area contributed by atoms with Gasteiger partial charge in [-0.1, -0.05) is 6.42 Å². The first-order chi connectivity index (χ1) is 67.0. The molecule has 21 saturated heterocycles. The van der Waals surface area contributed by atoms with Gasteiger partial charge in [0.1, 0.15) is 0 Å². The molecule has 828 valence electrons. The van der Waals surface area contributed by atoms with Crippen LogP contribution in [0.1, 0.15) is 187 Å². The number of aliphatic hydroxyl groups is 1. The van der Waals surface area contributed by atoms with E-state index in [4.69, 9.17) is 5.11 Å². The summed E-state index contributed by atoms with van der Waals surface area (Å²) in [6, 6.07) is 2.46. The lowest BCUT2D eigenvalue weighted by molar-refractivity contribution is -0.174. The summed E-state index contributed by atoms with van der Waals surface area (Å²) in [4.78, 5) is 55.2. The van der Waals surface area contributed by atoms with Crippen LogP contribution in [-0.4, -0.2) is 617 Å². The number of aliphatic hydroxyl groups excluding tert-OH is 1. The van der Waals surface area contributed by atoms with Gasteiger partial charge in [0, 0.05) is 169 Å². The monoisotopic (exact) mass is 2000 g/mol. The molecule has 141 heavy (non-hydrogen) atoms. The van der Waals surface area contributed by atoms with Crippen LogP contribution in [-0.2, 0) is 0 Å². The molecule has 8 spiro atoms. The fraction of sp³-hybridized carbons (Fsp3) is 1.00. The maximum Gasteiger partial charge on any atom is 0.401 e. The van der Waals surface area contributed by atoms with E-state index < -0.39 is 12.7 Å². The summed E-state index contributed by atoms with van der Waals surface area (Å²) in [5.74, 6) is 0. The van der Waals surface area contributed by atoms with Crippen molar-refractivity contribution in [3.8, 4) is 0 Å². The predicted molar refractivity (Wildman–Crippen MR) is 590 cm³/mol. The van der Waals surface area contributed by atoms with Crippen molar-refractivity contribution < 1.29 is 18.3 Å². The number of likely N-dealkylation sites (tertiary alicyclic amines) is 17. The molecule has 0 aromatic carbocycles. The number of rotatable bonds is 9. The topological polar surface area (TPSA) is 119 Å². The minimum atomic E-state index is -4.03. The van der Waals surface area contributed by atoms with Crippen molar-refractivity contribution >= 4 is 0 Å². The summed E-state index contributed by atoms with van der Waals surface area (Å²) in [6.07, 6.45) is 33.3. The summed E-state index contributed by atoms with van der Waals surface area (Å²) < 4.78 is 36.3. The number of halogens is 3. The first-order valence-electron chi connectivity index (χ1n) is 58.0. The lowest BCUT2D eigenvalue weighted by Gasteiger charge is -2.55. The van der Waals surface area contributed by atoms with Crippen molar-refractivity contribution in [2.24, 2.45) is 43.3 Å². The van der Waals surface area contributed by atoms with Gasteiger partial charge in [-0.25, -0.2) is 0 Å². The van der Waals surface area contributed by atoms with Gasteiger partial charge < -0.3 is 109 Å². The van der Waals surface area contributed by atoms with Crippen molar-refractivity contribution in [2.75, 3.05) is 475 Å². The van der Waals surface area contributed by atoms with E-state index in [1.165, 1.54) is 453 Å². The molecular formula is C112H228F3N25O. The molecule has 0 aromatic rings. The van der Waals surface area contributed by atoms with Gasteiger partial charge in [0.2, 0.25) is 0 Å². The molecule has 21 aliphatic heterocycles. The van der Waals surface area contributed by atoms with E-state index in [0.29, 0.717) is 30.5 Å². The number of nitrogens with zero attached hydrogens (tertiary/aromatic N) is 23. The molecule has 0 bridgehead atoms. The van der Waals surface area contributed by atoms with E-state index in [9.17, 15) is 13.2 Å². The molecule has 29 heteroatoms. The molecule has 0 atom stereocenters. The zero-order chi connectivity index (χ0) is 102. The Kier molecular flexibility index (Phi) is 51.1. The molecule has 21 heterocycles. The normalized spacial score (nSPS) is 28.9. The Morgan fingerprint density at radius 2 is 0.553 bits per heavy atom. The lowest BCUT2D eigenvalue weighted by atomic mass is 9.71. The highest BCUT2D eigenvalue weighted by Gasteiger charge is 2.51. The van der Waals surface area contributed by atoms with Crippen LogP contribution in [0, 0.1) is 43.3 Å². The van der Waals surface area contributed by atoms with E-state index in [0.717, 1.165) is 77.7 Å². The summed E-state index contributed by atoms with van der Waals surface area (Å²) in [5.41, 5.74) is 5.19. The molecule has 21 aliphatic rings. The minimum absolute atomic E-state index is 0.206. The molecule has 0 saturated carbocycles. The number of likely N-dealkylation sites (N-methyl/N-ethyl adjacent to an activating group) is 4. The quantitative estimate of drug-likeness (QED) is 0.204. The Hall–Kier alpha value is -1.25. The Morgan fingerprint density at radius 1 is 0.284 bits per heavy atom. The fourth-order valence-corrected chi connectivity index (χ4v) is 26.4. The summed E-state index contributed by atoms with van der Waals surface area (Å²) in [5, 5.41) is 15.6. The van der Waals surface area contributed by atoms with Crippen molar-refractivity contribution in [3.05, 3.63) is 0 Å². The minimum Gasteiger partial charge on any atom is -0.395 e. The van der Waals surface area contributed by atoms with E-state index in [-0.39, 0.29) is 5.41 Å². The SMILES string of the molecule is CC(C)N1CC2(CCN(C)CC2)C1.CN(C)CCN1CC2(CCN(C)CC2)C1.CN1CCC(N(C)C)CC1.CN1CCC(N2CCN(C)CC2)CC1.CN1CCC2(CC1)CCN(C)CC2.CN1CCC2(CC1)CN(C)C2.CN1CCC2(CC1)CN(CC(F)(F)F)C2.CN1CCC2(CC1)CN(CCO)C2.CN1CCC2(CC1)CNC2.CN1CCC2(CCNCC2)CC1.CN1CCCCC1.CN1CCN(C)CC1.